The lowest BCUT2D eigenvalue weighted by atomic mass is 10.0. The van der Waals surface area contributed by atoms with Crippen LogP contribution in [-0.2, 0) is 4.79 Å². The summed E-state index contributed by atoms with van der Waals surface area (Å²) < 4.78 is 13.3. The Balaban J connectivity index is 1.73. The smallest absolute Gasteiger partial charge is 0.239 e. The van der Waals surface area contributed by atoms with Gasteiger partial charge in [0.05, 0.1) is 11.6 Å². The Morgan fingerprint density at radius 3 is 2.96 bits per heavy atom. The Labute approximate surface area is 142 Å². The fourth-order valence-electron chi connectivity index (χ4n) is 3.00. The van der Waals surface area contributed by atoms with Crippen molar-refractivity contribution < 1.29 is 9.18 Å². The lowest BCUT2D eigenvalue weighted by Gasteiger charge is -2.38. The molecule has 2 N–H and O–H groups in total. The number of carbonyl (C=O) groups is 1. The Kier molecular flexibility index (Phi) is 6.66. The lowest BCUT2D eigenvalue weighted by molar-refractivity contribution is -0.119. The molecule has 2 atom stereocenters. The monoisotopic (exact) mass is 341 g/mol. The third-order valence-corrected chi connectivity index (χ3v) is 4.69. The van der Waals surface area contributed by atoms with Crippen molar-refractivity contribution in [3.8, 4) is 0 Å². The van der Waals surface area contributed by atoms with Gasteiger partial charge < -0.3 is 10.6 Å². The summed E-state index contributed by atoms with van der Waals surface area (Å²) in [4.78, 5) is 14.4. The molecule has 0 aromatic heterocycles. The summed E-state index contributed by atoms with van der Waals surface area (Å²) >= 11 is 5.63. The number of halogens is 2. The molecule has 0 saturated carbocycles. The highest BCUT2D eigenvalue weighted by atomic mass is 35.5. The molecule has 0 spiro atoms. The van der Waals surface area contributed by atoms with E-state index in [1.807, 2.05) is 0 Å². The van der Waals surface area contributed by atoms with Gasteiger partial charge in [-0.25, -0.2) is 4.39 Å². The molecule has 1 aromatic carbocycles. The number of hydrogen-bond donors (Lipinski definition) is 2. The van der Waals surface area contributed by atoms with Crippen molar-refractivity contribution in [3.05, 3.63) is 29.0 Å². The number of carbonyl (C=O) groups excluding carboxylic acids is 1. The van der Waals surface area contributed by atoms with Crippen LogP contribution in [0.25, 0.3) is 0 Å². The fraction of sp³-hybridized carbons (Fsp3) is 0.588. The molecule has 2 unspecified atom stereocenters. The Morgan fingerprint density at radius 1 is 1.48 bits per heavy atom. The van der Waals surface area contributed by atoms with Crippen LogP contribution < -0.4 is 10.6 Å². The number of rotatable bonds is 6. The van der Waals surface area contributed by atoms with Gasteiger partial charge in [0, 0.05) is 24.3 Å². The molecule has 4 nitrogen and oxygen atoms in total. The predicted molar refractivity (Wildman–Crippen MR) is 92.4 cm³/mol. The maximum absolute atomic E-state index is 13.3. The predicted octanol–water partition coefficient (Wildman–Crippen LogP) is 3.27. The molecule has 0 radical (unpaired) electrons. The fourth-order valence-corrected chi connectivity index (χ4v) is 3.12. The van der Waals surface area contributed by atoms with E-state index in [1.165, 1.54) is 31.4 Å². The van der Waals surface area contributed by atoms with E-state index in [4.69, 9.17) is 11.6 Å². The average molecular weight is 342 g/mol. The van der Waals surface area contributed by atoms with Crippen molar-refractivity contribution in [2.45, 2.75) is 45.2 Å². The number of likely N-dealkylation sites (tertiary alicyclic amines) is 1. The van der Waals surface area contributed by atoms with Gasteiger partial charge >= 0.3 is 0 Å². The molecule has 1 aliphatic rings. The first-order valence-corrected chi connectivity index (χ1v) is 8.56. The van der Waals surface area contributed by atoms with Gasteiger partial charge in [-0.2, -0.15) is 0 Å². The lowest BCUT2D eigenvalue weighted by Crippen LogP contribution is -2.49. The van der Waals surface area contributed by atoms with Gasteiger partial charge in [-0.15, -0.1) is 0 Å². The summed E-state index contributed by atoms with van der Waals surface area (Å²) in [5.74, 6) is -0.596. The normalized spacial score (nSPS) is 20.1. The highest BCUT2D eigenvalue weighted by molar-refractivity contribution is 6.30. The molecule has 1 heterocycles. The van der Waals surface area contributed by atoms with Crippen LogP contribution in [0.5, 0.6) is 0 Å². The second-order valence-corrected chi connectivity index (χ2v) is 6.63. The van der Waals surface area contributed by atoms with E-state index in [9.17, 15) is 9.18 Å². The van der Waals surface area contributed by atoms with Crippen LogP contribution >= 0.6 is 11.6 Å². The van der Waals surface area contributed by atoms with Crippen molar-refractivity contribution in [2.24, 2.45) is 0 Å². The van der Waals surface area contributed by atoms with Crippen molar-refractivity contribution >= 4 is 23.2 Å². The minimum atomic E-state index is -0.496. The molecule has 1 amide bonds. The van der Waals surface area contributed by atoms with Crippen LogP contribution in [0.4, 0.5) is 10.1 Å². The first-order chi connectivity index (χ1) is 11.0. The van der Waals surface area contributed by atoms with E-state index >= 15 is 0 Å². The van der Waals surface area contributed by atoms with E-state index < -0.39 is 5.82 Å². The van der Waals surface area contributed by atoms with Crippen molar-refractivity contribution in [1.82, 2.24) is 10.2 Å². The zero-order valence-electron chi connectivity index (χ0n) is 13.7. The topological polar surface area (TPSA) is 44.4 Å². The largest absolute Gasteiger partial charge is 0.376 e. The van der Waals surface area contributed by atoms with Crippen LogP contribution in [0.15, 0.2) is 18.2 Å². The van der Waals surface area contributed by atoms with Crippen LogP contribution in [0.1, 0.15) is 33.1 Å². The Morgan fingerprint density at radius 2 is 2.26 bits per heavy atom. The van der Waals surface area contributed by atoms with E-state index in [2.05, 4.69) is 29.4 Å². The molecule has 2 rings (SSSR count). The minimum Gasteiger partial charge on any atom is -0.376 e. The quantitative estimate of drug-likeness (QED) is 0.834. The van der Waals surface area contributed by atoms with Gasteiger partial charge in [0.1, 0.15) is 5.82 Å². The summed E-state index contributed by atoms with van der Waals surface area (Å²) in [6.07, 6.45) is 3.74. The van der Waals surface area contributed by atoms with Crippen LogP contribution in [0.2, 0.25) is 5.02 Å². The number of hydrogen-bond acceptors (Lipinski definition) is 3. The zero-order valence-corrected chi connectivity index (χ0v) is 14.5. The maximum atomic E-state index is 13.3. The molecule has 1 aliphatic heterocycles. The molecule has 6 heteroatoms. The average Bonchev–Trinajstić information content (AvgIpc) is 2.54. The van der Waals surface area contributed by atoms with Gasteiger partial charge in [0.2, 0.25) is 5.91 Å². The zero-order chi connectivity index (χ0) is 16.8. The summed E-state index contributed by atoms with van der Waals surface area (Å²) in [5, 5.41) is 5.91. The highest BCUT2D eigenvalue weighted by Gasteiger charge is 2.23. The van der Waals surface area contributed by atoms with Crippen LogP contribution in [0.3, 0.4) is 0 Å². The number of benzene rings is 1. The summed E-state index contributed by atoms with van der Waals surface area (Å²) in [7, 11) is 0. The van der Waals surface area contributed by atoms with Gasteiger partial charge in [-0.3, -0.25) is 9.69 Å². The SMILES string of the molecule is CC1CCCCN1C(C)CNC(=O)CNc1ccc(Cl)c(F)c1. The van der Waals surface area contributed by atoms with Crippen molar-refractivity contribution in [1.29, 1.82) is 0 Å². The molecule has 128 valence electrons. The third-order valence-electron chi connectivity index (χ3n) is 4.39. The minimum absolute atomic E-state index is 0.0736. The molecule has 1 saturated heterocycles. The number of nitrogens with one attached hydrogen (secondary N) is 2. The first-order valence-electron chi connectivity index (χ1n) is 8.18. The number of amides is 1. The second-order valence-electron chi connectivity index (χ2n) is 6.22. The summed E-state index contributed by atoms with van der Waals surface area (Å²) in [6.45, 7) is 6.22. The number of piperidine rings is 1. The Hall–Kier alpha value is -1.33. The second kappa shape index (κ2) is 8.50. The van der Waals surface area contributed by atoms with Crippen molar-refractivity contribution in [2.75, 3.05) is 25.0 Å². The molecule has 23 heavy (non-hydrogen) atoms. The summed E-state index contributed by atoms with van der Waals surface area (Å²) in [5.41, 5.74) is 0.541. The van der Waals surface area contributed by atoms with Gasteiger partial charge in [-0.1, -0.05) is 18.0 Å². The Bertz CT molecular complexity index is 541. The third kappa shape index (κ3) is 5.36. The standard InChI is InChI=1S/C17H25ClFN3O/c1-12-5-3-4-8-22(12)13(2)10-21-17(23)11-20-14-6-7-15(18)16(19)9-14/h6-7,9,12-13,20H,3-5,8,10-11H2,1-2H3,(H,21,23). The van der Waals surface area contributed by atoms with Crippen LogP contribution in [0, 0.1) is 5.82 Å². The van der Waals surface area contributed by atoms with E-state index in [0.717, 1.165) is 6.54 Å². The molecular weight excluding hydrogens is 317 g/mol. The van der Waals surface area contributed by atoms with Crippen molar-refractivity contribution in [3.63, 3.8) is 0 Å². The highest BCUT2D eigenvalue weighted by Crippen LogP contribution is 2.19. The van der Waals surface area contributed by atoms with Crippen LogP contribution in [-0.4, -0.2) is 42.5 Å². The van der Waals surface area contributed by atoms with Gasteiger partial charge in [0.15, 0.2) is 0 Å². The molecule has 1 fully saturated rings. The van der Waals surface area contributed by atoms with Gasteiger partial charge in [0.25, 0.3) is 0 Å². The molecule has 1 aromatic rings. The summed E-state index contributed by atoms with van der Waals surface area (Å²) in [6, 6.07) is 5.30. The number of nitrogens with zero attached hydrogens (tertiary/aromatic N) is 1. The van der Waals surface area contributed by atoms with E-state index in [-0.39, 0.29) is 17.5 Å². The van der Waals surface area contributed by atoms with E-state index in [1.54, 1.807) is 6.07 Å². The maximum Gasteiger partial charge on any atom is 0.239 e. The van der Waals surface area contributed by atoms with Gasteiger partial charge in [-0.05, 0) is 51.4 Å². The first kappa shape index (κ1) is 18.0. The number of anilines is 1. The molecule has 0 aliphatic carbocycles. The molecule has 0 bridgehead atoms. The molecular formula is C17H25ClFN3O. The van der Waals surface area contributed by atoms with E-state index in [0.29, 0.717) is 24.3 Å².